The number of benzene rings is 2. The molecular formula is C23H25N5O4S. The second kappa shape index (κ2) is 8.87. The van der Waals surface area contributed by atoms with Gasteiger partial charge in [-0.2, -0.15) is 4.31 Å². The predicted octanol–water partition coefficient (Wildman–Crippen LogP) is 3.49. The van der Waals surface area contributed by atoms with E-state index in [4.69, 9.17) is 0 Å². The topological polar surface area (TPSA) is 110 Å². The van der Waals surface area contributed by atoms with Crippen LogP contribution < -0.4 is 4.90 Å². The molecule has 0 unspecified atom stereocenters. The van der Waals surface area contributed by atoms with E-state index in [9.17, 15) is 18.5 Å². The summed E-state index contributed by atoms with van der Waals surface area (Å²) in [6.45, 7) is 7.14. The third-order valence-corrected chi connectivity index (χ3v) is 7.91. The number of rotatable bonds is 5. The van der Waals surface area contributed by atoms with Gasteiger partial charge in [-0.25, -0.2) is 8.42 Å². The number of hydrogen-bond donors (Lipinski definition) is 0. The number of sulfonamides is 1. The summed E-state index contributed by atoms with van der Waals surface area (Å²) in [6.07, 6.45) is 0. The van der Waals surface area contributed by atoms with Gasteiger partial charge in [0.1, 0.15) is 0 Å². The first kappa shape index (κ1) is 22.8. The van der Waals surface area contributed by atoms with E-state index < -0.39 is 14.9 Å². The largest absolute Gasteiger partial charge is 0.352 e. The number of nitrogens with zero attached hydrogens (tertiary/aromatic N) is 5. The first-order chi connectivity index (χ1) is 15.7. The molecule has 1 fully saturated rings. The summed E-state index contributed by atoms with van der Waals surface area (Å²) in [5.41, 5.74) is 4.38. The minimum absolute atomic E-state index is 0.0252. The highest BCUT2D eigenvalue weighted by molar-refractivity contribution is 7.89. The van der Waals surface area contributed by atoms with Gasteiger partial charge < -0.3 is 4.90 Å². The van der Waals surface area contributed by atoms with Crippen molar-refractivity contribution in [3.63, 3.8) is 0 Å². The fourth-order valence-corrected chi connectivity index (χ4v) is 5.68. The van der Waals surface area contributed by atoms with Crippen LogP contribution in [0.1, 0.15) is 16.7 Å². The minimum Gasteiger partial charge on any atom is -0.352 e. The number of non-ortho nitro benzene ring substituents is 1. The molecule has 1 aliphatic rings. The fourth-order valence-electron chi connectivity index (χ4n) is 4.02. The Labute approximate surface area is 192 Å². The van der Waals surface area contributed by atoms with Crippen molar-refractivity contribution in [1.82, 2.24) is 14.5 Å². The molecule has 33 heavy (non-hydrogen) atoms. The SMILES string of the molecule is Cc1ccc(-c2ccc(N3CCN(S(=O)(=O)c4cc([N+](=O)[O-])ccc4C)CC3)nn2)c(C)c1. The van der Waals surface area contributed by atoms with E-state index in [1.54, 1.807) is 6.92 Å². The van der Waals surface area contributed by atoms with Crippen LogP contribution >= 0.6 is 0 Å². The normalized spacial score (nSPS) is 14.9. The van der Waals surface area contributed by atoms with Crippen LogP contribution in [0.3, 0.4) is 0 Å². The lowest BCUT2D eigenvalue weighted by molar-refractivity contribution is -0.385. The lowest BCUT2D eigenvalue weighted by atomic mass is 10.0. The van der Waals surface area contributed by atoms with Crippen LogP contribution in [0, 0.1) is 30.9 Å². The number of anilines is 1. The molecule has 1 aromatic heterocycles. The van der Waals surface area contributed by atoms with E-state index in [1.807, 2.05) is 43.0 Å². The summed E-state index contributed by atoms with van der Waals surface area (Å²) in [4.78, 5) is 12.5. The molecule has 1 saturated heterocycles. The van der Waals surface area contributed by atoms with Crippen molar-refractivity contribution >= 4 is 21.5 Å². The first-order valence-electron chi connectivity index (χ1n) is 10.6. The number of hydrogen-bond acceptors (Lipinski definition) is 7. The molecular weight excluding hydrogens is 442 g/mol. The van der Waals surface area contributed by atoms with E-state index >= 15 is 0 Å². The molecule has 2 heterocycles. The van der Waals surface area contributed by atoms with Crippen LogP contribution in [-0.2, 0) is 10.0 Å². The molecule has 172 valence electrons. The van der Waals surface area contributed by atoms with Gasteiger partial charge in [0.05, 0.1) is 15.5 Å². The maximum atomic E-state index is 13.1. The molecule has 0 radical (unpaired) electrons. The zero-order chi connectivity index (χ0) is 23.8. The van der Waals surface area contributed by atoms with E-state index in [2.05, 4.69) is 16.3 Å². The molecule has 3 aromatic rings. The Balaban J connectivity index is 1.48. The molecule has 2 aromatic carbocycles. The van der Waals surface area contributed by atoms with Crippen molar-refractivity contribution < 1.29 is 13.3 Å². The second-order valence-corrected chi connectivity index (χ2v) is 10.1. The summed E-state index contributed by atoms with van der Waals surface area (Å²) >= 11 is 0. The van der Waals surface area contributed by atoms with Crippen LogP contribution in [0.25, 0.3) is 11.3 Å². The molecule has 10 heteroatoms. The zero-order valence-electron chi connectivity index (χ0n) is 18.7. The third kappa shape index (κ3) is 4.57. The molecule has 4 rings (SSSR count). The molecule has 0 spiro atoms. The lowest BCUT2D eigenvalue weighted by Gasteiger charge is -2.34. The van der Waals surface area contributed by atoms with Crippen molar-refractivity contribution in [3.8, 4) is 11.3 Å². The predicted molar refractivity (Wildman–Crippen MR) is 126 cm³/mol. The van der Waals surface area contributed by atoms with E-state index in [0.717, 1.165) is 22.9 Å². The van der Waals surface area contributed by atoms with Crippen LogP contribution in [0.4, 0.5) is 11.5 Å². The Morgan fingerprint density at radius 1 is 0.879 bits per heavy atom. The van der Waals surface area contributed by atoms with E-state index in [0.29, 0.717) is 24.5 Å². The first-order valence-corrected chi connectivity index (χ1v) is 12.0. The number of nitro benzene ring substituents is 1. The van der Waals surface area contributed by atoms with Gasteiger partial charge in [0, 0.05) is 43.9 Å². The quantitative estimate of drug-likeness (QED) is 0.417. The van der Waals surface area contributed by atoms with Gasteiger partial charge in [0.15, 0.2) is 5.82 Å². The van der Waals surface area contributed by atoms with Crippen molar-refractivity contribution in [2.75, 3.05) is 31.1 Å². The molecule has 0 aliphatic carbocycles. The Bertz CT molecular complexity index is 1300. The summed E-state index contributed by atoms with van der Waals surface area (Å²) < 4.78 is 27.6. The van der Waals surface area contributed by atoms with Crippen LogP contribution in [0.2, 0.25) is 0 Å². The molecule has 0 N–H and O–H groups in total. The van der Waals surface area contributed by atoms with Gasteiger partial charge >= 0.3 is 0 Å². The van der Waals surface area contributed by atoms with E-state index in [-0.39, 0.29) is 23.7 Å². The Morgan fingerprint density at radius 3 is 2.21 bits per heavy atom. The lowest BCUT2D eigenvalue weighted by Crippen LogP contribution is -2.49. The maximum Gasteiger partial charge on any atom is 0.270 e. The van der Waals surface area contributed by atoms with Gasteiger partial charge in [-0.3, -0.25) is 10.1 Å². The number of aromatic nitrogens is 2. The monoisotopic (exact) mass is 467 g/mol. The smallest absolute Gasteiger partial charge is 0.270 e. The molecule has 0 saturated carbocycles. The number of aryl methyl sites for hydroxylation is 3. The van der Waals surface area contributed by atoms with Gasteiger partial charge in [0.25, 0.3) is 5.69 Å². The summed E-state index contributed by atoms with van der Waals surface area (Å²) in [7, 11) is -3.84. The molecule has 0 bridgehead atoms. The zero-order valence-corrected chi connectivity index (χ0v) is 19.5. The average Bonchev–Trinajstić information content (AvgIpc) is 2.79. The molecule has 9 nitrogen and oxygen atoms in total. The highest BCUT2D eigenvalue weighted by Crippen LogP contribution is 2.27. The Kier molecular flexibility index (Phi) is 6.13. The number of nitro groups is 1. The summed E-state index contributed by atoms with van der Waals surface area (Å²) in [5.74, 6) is 0.687. The molecule has 0 amide bonds. The number of piperazine rings is 1. The second-order valence-electron chi connectivity index (χ2n) is 8.19. The highest BCUT2D eigenvalue weighted by Gasteiger charge is 2.31. The maximum absolute atomic E-state index is 13.1. The van der Waals surface area contributed by atoms with Crippen molar-refractivity contribution in [2.24, 2.45) is 0 Å². The van der Waals surface area contributed by atoms with Gasteiger partial charge in [0.2, 0.25) is 10.0 Å². The van der Waals surface area contributed by atoms with Gasteiger partial charge in [-0.15, -0.1) is 10.2 Å². The molecule has 1 aliphatic heterocycles. The van der Waals surface area contributed by atoms with Crippen LogP contribution in [0.15, 0.2) is 53.4 Å². The van der Waals surface area contributed by atoms with Crippen LogP contribution in [0.5, 0.6) is 0 Å². The Hall–Kier alpha value is -3.37. The summed E-state index contributed by atoms with van der Waals surface area (Å²) in [6, 6.07) is 13.9. The van der Waals surface area contributed by atoms with Crippen molar-refractivity contribution in [1.29, 1.82) is 0 Å². The molecule has 0 atom stereocenters. The Morgan fingerprint density at radius 2 is 1.61 bits per heavy atom. The van der Waals surface area contributed by atoms with Crippen molar-refractivity contribution in [2.45, 2.75) is 25.7 Å². The minimum atomic E-state index is -3.84. The fraction of sp³-hybridized carbons (Fsp3) is 0.304. The average molecular weight is 468 g/mol. The van der Waals surface area contributed by atoms with Crippen LogP contribution in [-0.4, -0.2) is 54.0 Å². The standard InChI is InChI=1S/C23H25N5O4S/c1-16-4-7-20(18(3)14-16)21-8-9-23(25-24-21)26-10-12-27(13-11-26)33(31,32)22-15-19(28(29)30)6-5-17(22)2/h4-9,14-15H,10-13H2,1-3H3. The van der Waals surface area contributed by atoms with E-state index in [1.165, 1.54) is 22.0 Å². The third-order valence-electron chi connectivity index (χ3n) is 5.87. The summed E-state index contributed by atoms with van der Waals surface area (Å²) in [5, 5.41) is 19.8. The highest BCUT2D eigenvalue weighted by atomic mass is 32.2. The van der Waals surface area contributed by atoms with Gasteiger partial charge in [-0.05, 0) is 44.0 Å². The van der Waals surface area contributed by atoms with Gasteiger partial charge in [-0.1, -0.05) is 29.8 Å². The van der Waals surface area contributed by atoms with Crippen molar-refractivity contribution in [3.05, 3.63) is 75.3 Å².